The van der Waals surface area contributed by atoms with Crippen molar-refractivity contribution in [3.63, 3.8) is 0 Å². The monoisotopic (exact) mass is 290 g/mol. The summed E-state index contributed by atoms with van der Waals surface area (Å²) in [6.07, 6.45) is 9.07. The van der Waals surface area contributed by atoms with Crippen LogP contribution < -0.4 is 10.6 Å². The Bertz CT molecular complexity index is 512. The van der Waals surface area contributed by atoms with Gasteiger partial charge in [-0.05, 0) is 51.0 Å². The van der Waals surface area contributed by atoms with Gasteiger partial charge in [0.1, 0.15) is 6.04 Å². The fourth-order valence-electron chi connectivity index (χ4n) is 4.36. The first-order valence-corrected chi connectivity index (χ1v) is 8.04. The van der Waals surface area contributed by atoms with Crippen LogP contribution in [0.3, 0.4) is 0 Å². The minimum atomic E-state index is -0.320. The fraction of sp³-hybridized carbons (Fsp3) is 0.750. The molecular weight excluding hydrogens is 264 g/mol. The normalized spacial score (nSPS) is 30.3. The van der Waals surface area contributed by atoms with E-state index in [9.17, 15) is 4.79 Å². The van der Waals surface area contributed by atoms with E-state index in [4.69, 9.17) is 0 Å². The number of hydrogen-bond donors (Lipinski definition) is 2. The Kier molecular flexibility index (Phi) is 4.02. The fourth-order valence-corrected chi connectivity index (χ4v) is 4.36. The predicted molar refractivity (Wildman–Crippen MR) is 81.6 cm³/mol. The molecule has 1 amide bonds. The maximum absolute atomic E-state index is 12.5. The summed E-state index contributed by atoms with van der Waals surface area (Å²) in [6, 6.07) is -0.0555. The third kappa shape index (κ3) is 2.84. The summed E-state index contributed by atoms with van der Waals surface area (Å²) in [6.45, 7) is 2.17. The average molecular weight is 290 g/mol. The van der Waals surface area contributed by atoms with Crippen molar-refractivity contribution in [2.24, 2.45) is 24.8 Å². The summed E-state index contributed by atoms with van der Waals surface area (Å²) in [5, 5.41) is 10.5. The van der Waals surface area contributed by atoms with Crippen molar-refractivity contribution in [3.8, 4) is 0 Å². The number of nitrogens with zero attached hydrogens (tertiary/aromatic N) is 2. The Morgan fingerprint density at radius 1 is 1.43 bits per heavy atom. The van der Waals surface area contributed by atoms with Crippen molar-refractivity contribution < 1.29 is 4.79 Å². The van der Waals surface area contributed by atoms with Gasteiger partial charge < -0.3 is 10.6 Å². The SMILES string of the molecule is CNC(C(=O)NC(C)C1CC2CCC1C2)c1cnn(C)c1. The van der Waals surface area contributed by atoms with E-state index in [1.165, 1.54) is 25.7 Å². The molecule has 1 aromatic heterocycles. The topological polar surface area (TPSA) is 59.0 Å². The lowest BCUT2D eigenvalue weighted by Crippen LogP contribution is -2.44. The zero-order valence-corrected chi connectivity index (χ0v) is 13.2. The molecule has 116 valence electrons. The predicted octanol–water partition coefficient (Wildman–Crippen LogP) is 1.62. The smallest absolute Gasteiger partial charge is 0.242 e. The summed E-state index contributed by atoms with van der Waals surface area (Å²) >= 11 is 0. The number of likely N-dealkylation sites (N-methyl/N-ethyl adjacent to an activating group) is 1. The van der Waals surface area contributed by atoms with E-state index in [1.807, 2.05) is 20.3 Å². The van der Waals surface area contributed by atoms with Crippen LogP contribution in [-0.2, 0) is 11.8 Å². The molecule has 1 heterocycles. The Morgan fingerprint density at radius 2 is 2.24 bits per heavy atom. The van der Waals surface area contributed by atoms with E-state index in [-0.39, 0.29) is 18.0 Å². The van der Waals surface area contributed by atoms with E-state index >= 15 is 0 Å². The van der Waals surface area contributed by atoms with Crippen molar-refractivity contribution in [3.05, 3.63) is 18.0 Å². The molecule has 2 N–H and O–H groups in total. The summed E-state index contributed by atoms with van der Waals surface area (Å²) in [5.74, 6) is 2.47. The summed E-state index contributed by atoms with van der Waals surface area (Å²) in [5.41, 5.74) is 0.914. The second kappa shape index (κ2) is 5.79. The molecule has 2 fully saturated rings. The van der Waals surface area contributed by atoms with E-state index in [0.717, 1.165) is 17.4 Å². The molecule has 0 spiro atoms. The molecule has 0 saturated heterocycles. The average Bonchev–Trinajstić information content (AvgIpc) is 3.16. The summed E-state index contributed by atoms with van der Waals surface area (Å²) < 4.78 is 1.73. The maximum Gasteiger partial charge on any atom is 0.242 e. The van der Waals surface area contributed by atoms with Crippen molar-refractivity contribution in [1.29, 1.82) is 0 Å². The second-order valence-electron chi connectivity index (χ2n) is 6.81. The molecule has 0 aromatic carbocycles. The van der Waals surface area contributed by atoms with Crippen LogP contribution in [0.5, 0.6) is 0 Å². The lowest BCUT2D eigenvalue weighted by atomic mass is 9.84. The number of amides is 1. The van der Waals surface area contributed by atoms with Crippen molar-refractivity contribution >= 4 is 5.91 Å². The molecule has 3 rings (SSSR count). The van der Waals surface area contributed by atoms with Crippen LogP contribution in [0.2, 0.25) is 0 Å². The van der Waals surface area contributed by atoms with E-state index in [2.05, 4.69) is 22.7 Å². The Balaban J connectivity index is 1.62. The molecule has 2 aliphatic rings. The highest BCUT2D eigenvalue weighted by atomic mass is 16.2. The van der Waals surface area contributed by atoms with Crippen LogP contribution in [-0.4, -0.2) is 28.8 Å². The molecule has 2 aliphatic carbocycles. The highest BCUT2D eigenvalue weighted by Gasteiger charge is 2.42. The van der Waals surface area contributed by atoms with Crippen LogP contribution in [0.25, 0.3) is 0 Å². The van der Waals surface area contributed by atoms with Gasteiger partial charge in [0.05, 0.1) is 6.20 Å². The molecule has 1 aromatic rings. The zero-order valence-electron chi connectivity index (χ0n) is 13.2. The quantitative estimate of drug-likeness (QED) is 0.866. The lowest BCUT2D eigenvalue weighted by molar-refractivity contribution is -0.124. The summed E-state index contributed by atoms with van der Waals surface area (Å²) in [4.78, 5) is 12.5. The molecule has 5 heteroatoms. The van der Waals surface area contributed by atoms with Crippen LogP contribution in [0, 0.1) is 17.8 Å². The number of carbonyl (C=O) groups excluding carboxylic acids is 1. The third-order valence-corrected chi connectivity index (χ3v) is 5.41. The molecule has 2 bridgehead atoms. The molecule has 5 atom stereocenters. The standard InChI is InChI=1S/C16H26N4O/c1-10(14-7-11-4-5-12(14)6-11)19-16(21)15(17-2)13-8-18-20(3)9-13/h8-12,14-15,17H,4-7H2,1-3H3,(H,19,21). The molecule has 2 saturated carbocycles. The van der Waals surface area contributed by atoms with E-state index < -0.39 is 0 Å². The Morgan fingerprint density at radius 3 is 2.76 bits per heavy atom. The number of aromatic nitrogens is 2. The van der Waals surface area contributed by atoms with Gasteiger partial charge in [0.25, 0.3) is 0 Å². The first kappa shape index (κ1) is 14.6. The van der Waals surface area contributed by atoms with Crippen molar-refractivity contribution in [2.45, 2.75) is 44.7 Å². The van der Waals surface area contributed by atoms with Crippen molar-refractivity contribution in [2.75, 3.05) is 7.05 Å². The second-order valence-corrected chi connectivity index (χ2v) is 6.81. The number of fused-ring (bicyclic) bond motifs is 2. The number of carbonyl (C=O) groups is 1. The first-order chi connectivity index (χ1) is 10.1. The summed E-state index contributed by atoms with van der Waals surface area (Å²) in [7, 11) is 3.69. The molecule has 21 heavy (non-hydrogen) atoms. The minimum absolute atomic E-state index is 0.0563. The van der Waals surface area contributed by atoms with Crippen LogP contribution >= 0.6 is 0 Å². The van der Waals surface area contributed by atoms with Gasteiger partial charge in [0.15, 0.2) is 0 Å². The molecule has 5 unspecified atom stereocenters. The van der Waals surface area contributed by atoms with Gasteiger partial charge in [-0.15, -0.1) is 0 Å². The van der Waals surface area contributed by atoms with E-state index in [0.29, 0.717) is 5.92 Å². The maximum atomic E-state index is 12.5. The third-order valence-electron chi connectivity index (χ3n) is 5.41. The van der Waals surface area contributed by atoms with Gasteiger partial charge >= 0.3 is 0 Å². The Labute approximate surface area is 126 Å². The van der Waals surface area contributed by atoms with Gasteiger partial charge in [-0.3, -0.25) is 9.48 Å². The van der Waals surface area contributed by atoms with Gasteiger partial charge in [0, 0.05) is 24.8 Å². The Hall–Kier alpha value is -1.36. The van der Waals surface area contributed by atoms with Crippen LogP contribution in [0.1, 0.15) is 44.2 Å². The highest BCUT2D eigenvalue weighted by Crippen LogP contribution is 2.49. The molecular formula is C16H26N4O. The van der Waals surface area contributed by atoms with Gasteiger partial charge in [-0.1, -0.05) is 6.42 Å². The van der Waals surface area contributed by atoms with Crippen LogP contribution in [0.4, 0.5) is 0 Å². The number of rotatable bonds is 5. The first-order valence-electron chi connectivity index (χ1n) is 8.04. The van der Waals surface area contributed by atoms with Gasteiger partial charge in [-0.25, -0.2) is 0 Å². The van der Waals surface area contributed by atoms with Gasteiger partial charge in [0.2, 0.25) is 5.91 Å². The van der Waals surface area contributed by atoms with Crippen LogP contribution in [0.15, 0.2) is 12.4 Å². The number of aryl methyl sites for hydroxylation is 1. The number of nitrogens with one attached hydrogen (secondary N) is 2. The molecule has 0 aliphatic heterocycles. The number of hydrogen-bond acceptors (Lipinski definition) is 3. The van der Waals surface area contributed by atoms with E-state index in [1.54, 1.807) is 10.9 Å². The van der Waals surface area contributed by atoms with Gasteiger partial charge in [-0.2, -0.15) is 5.10 Å². The lowest BCUT2D eigenvalue weighted by Gasteiger charge is -2.29. The molecule has 5 nitrogen and oxygen atoms in total. The largest absolute Gasteiger partial charge is 0.352 e. The highest BCUT2D eigenvalue weighted by molar-refractivity contribution is 5.83. The minimum Gasteiger partial charge on any atom is -0.352 e. The zero-order chi connectivity index (χ0) is 15.0. The van der Waals surface area contributed by atoms with Crippen molar-refractivity contribution in [1.82, 2.24) is 20.4 Å². The molecule has 0 radical (unpaired) electrons.